The fourth-order valence-electron chi connectivity index (χ4n) is 3.24. The van der Waals surface area contributed by atoms with Crippen LogP contribution in [-0.4, -0.2) is 13.1 Å². The van der Waals surface area contributed by atoms with E-state index in [4.69, 9.17) is 0 Å². The first kappa shape index (κ1) is 8.49. The Balaban J connectivity index is 1.97. The third-order valence-electron chi connectivity index (χ3n) is 3.99. The minimum Gasteiger partial charge on any atom is -0.316 e. The van der Waals surface area contributed by atoms with Crippen molar-refractivity contribution in [2.24, 2.45) is 5.92 Å². The van der Waals surface area contributed by atoms with Crippen molar-refractivity contribution in [2.45, 2.75) is 24.7 Å². The average molecular weight is 187 g/mol. The van der Waals surface area contributed by atoms with E-state index in [1.165, 1.54) is 32.4 Å². The molecular formula is C13H17N. The third-order valence-corrected chi connectivity index (χ3v) is 3.99. The molecule has 0 spiro atoms. The van der Waals surface area contributed by atoms with Gasteiger partial charge in [0, 0.05) is 12.0 Å². The van der Waals surface area contributed by atoms with Gasteiger partial charge in [0.25, 0.3) is 0 Å². The van der Waals surface area contributed by atoms with E-state index in [0.29, 0.717) is 5.41 Å². The SMILES string of the molecule is c1ccc(C23CCC(CNC2)C3)cc1. The Bertz CT molecular complexity index is 315. The number of hydrogen-bond donors (Lipinski definition) is 1. The van der Waals surface area contributed by atoms with Gasteiger partial charge < -0.3 is 5.32 Å². The molecule has 2 aliphatic rings. The van der Waals surface area contributed by atoms with Crippen molar-refractivity contribution in [3.05, 3.63) is 35.9 Å². The number of hydrogen-bond acceptors (Lipinski definition) is 1. The summed E-state index contributed by atoms with van der Waals surface area (Å²) >= 11 is 0. The molecule has 1 N–H and O–H groups in total. The molecule has 1 saturated heterocycles. The van der Waals surface area contributed by atoms with Crippen LogP contribution in [0.5, 0.6) is 0 Å². The summed E-state index contributed by atoms with van der Waals surface area (Å²) in [5, 5.41) is 3.59. The summed E-state index contributed by atoms with van der Waals surface area (Å²) in [7, 11) is 0. The molecule has 2 unspecified atom stereocenters. The van der Waals surface area contributed by atoms with Crippen LogP contribution in [0.2, 0.25) is 0 Å². The fourth-order valence-corrected chi connectivity index (χ4v) is 3.24. The lowest BCUT2D eigenvalue weighted by molar-refractivity contribution is 0.327. The Morgan fingerprint density at radius 3 is 2.93 bits per heavy atom. The van der Waals surface area contributed by atoms with Crippen molar-refractivity contribution >= 4 is 0 Å². The number of rotatable bonds is 1. The summed E-state index contributed by atoms with van der Waals surface area (Å²) in [5.41, 5.74) is 2.03. The van der Waals surface area contributed by atoms with Crippen molar-refractivity contribution in [3.63, 3.8) is 0 Å². The molecule has 0 amide bonds. The zero-order chi connectivity index (χ0) is 9.43. The summed E-state index contributed by atoms with van der Waals surface area (Å²) in [6, 6.07) is 11.1. The van der Waals surface area contributed by atoms with Crippen molar-refractivity contribution in [1.29, 1.82) is 0 Å². The van der Waals surface area contributed by atoms with Gasteiger partial charge in [0.1, 0.15) is 0 Å². The van der Waals surface area contributed by atoms with Crippen molar-refractivity contribution in [1.82, 2.24) is 5.32 Å². The summed E-state index contributed by atoms with van der Waals surface area (Å²) in [6.45, 7) is 2.43. The maximum Gasteiger partial charge on any atom is 0.00810 e. The van der Waals surface area contributed by atoms with E-state index in [1.807, 2.05) is 0 Å². The predicted molar refractivity (Wildman–Crippen MR) is 58.3 cm³/mol. The Hall–Kier alpha value is -0.820. The number of piperidine rings is 1. The van der Waals surface area contributed by atoms with Gasteiger partial charge in [-0.3, -0.25) is 0 Å². The summed E-state index contributed by atoms with van der Waals surface area (Å²) in [6.07, 6.45) is 4.21. The largest absolute Gasteiger partial charge is 0.316 e. The Morgan fingerprint density at radius 1 is 1.21 bits per heavy atom. The summed E-state index contributed by atoms with van der Waals surface area (Å²) in [5.74, 6) is 0.934. The van der Waals surface area contributed by atoms with Crippen LogP contribution >= 0.6 is 0 Å². The topological polar surface area (TPSA) is 12.0 Å². The second-order valence-electron chi connectivity index (χ2n) is 4.89. The van der Waals surface area contributed by atoms with Crippen LogP contribution in [0, 0.1) is 5.92 Å². The number of nitrogens with one attached hydrogen (secondary N) is 1. The second kappa shape index (κ2) is 3.09. The molecule has 2 fully saturated rings. The lowest BCUT2D eigenvalue weighted by Crippen LogP contribution is -2.42. The van der Waals surface area contributed by atoms with Gasteiger partial charge in [-0.1, -0.05) is 30.3 Å². The highest BCUT2D eigenvalue weighted by Crippen LogP contribution is 2.45. The molecule has 1 aliphatic carbocycles. The maximum atomic E-state index is 3.59. The van der Waals surface area contributed by atoms with Gasteiger partial charge in [-0.2, -0.15) is 0 Å². The summed E-state index contributed by atoms with van der Waals surface area (Å²) < 4.78 is 0. The first-order valence-corrected chi connectivity index (χ1v) is 5.65. The first-order chi connectivity index (χ1) is 6.89. The lowest BCUT2D eigenvalue weighted by Gasteiger charge is -2.34. The number of fused-ring (bicyclic) bond motifs is 2. The van der Waals surface area contributed by atoms with Crippen LogP contribution in [-0.2, 0) is 5.41 Å². The molecule has 74 valence electrons. The second-order valence-corrected chi connectivity index (χ2v) is 4.89. The fraction of sp³-hybridized carbons (Fsp3) is 0.538. The van der Waals surface area contributed by atoms with Gasteiger partial charge in [-0.15, -0.1) is 0 Å². The maximum absolute atomic E-state index is 3.59. The Kier molecular flexibility index (Phi) is 1.88. The molecule has 0 aromatic heterocycles. The molecule has 1 aliphatic heterocycles. The van der Waals surface area contributed by atoms with E-state index in [1.54, 1.807) is 5.56 Å². The van der Waals surface area contributed by atoms with E-state index in [9.17, 15) is 0 Å². The minimum atomic E-state index is 0.476. The lowest BCUT2D eigenvalue weighted by atomic mass is 9.76. The summed E-state index contributed by atoms with van der Waals surface area (Å²) in [4.78, 5) is 0. The standard InChI is InChI=1S/C13H17N/c1-2-4-12(5-3-1)13-7-6-11(8-13)9-14-10-13/h1-5,11,14H,6-10H2. The zero-order valence-corrected chi connectivity index (χ0v) is 8.50. The molecular weight excluding hydrogens is 170 g/mol. The van der Waals surface area contributed by atoms with E-state index in [0.717, 1.165) is 5.92 Å². The van der Waals surface area contributed by atoms with Crippen molar-refractivity contribution in [2.75, 3.05) is 13.1 Å². The minimum absolute atomic E-state index is 0.476. The molecule has 1 nitrogen and oxygen atoms in total. The highest BCUT2D eigenvalue weighted by Gasteiger charge is 2.42. The zero-order valence-electron chi connectivity index (χ0n) is 8.50. The van der Waals surface area contributed by atoms with Crippen LogP contribution in [0.1, 0.15) is 24.8 Å². The van der Waals surface area contributed by atoms with Crippen molar-refractivity contribution < 1.29 is 0 Å². The van der Waals surface area contributed by atoms with Crippen LogP contribution in [0.3, 0.4) is 0 Å². The van der Waals surface area contributed by atoms with E-state index < -0.39 is 0 Å². The molecule has 3 rings (SSSR count). The molecule has 0 radical (unpaired) electrons. The normalized spacial score (nSPS) is 35.9. The Labute approximate surface area is 85.5 Å². The Morgan fingerprint density at radius 2 is 2.07 bits per heavy atom. The molecule has 1 aromatic carbocycles. The highest BCUT2D eigenvalue weighted by molar-refractivity contribution is 5.28. The third kappa shape index (κ3) is 1.19. The first-order valence-electron chi connectivity index (χ1n) is 5.65. The van der Waals surface area contributed by atoms with Crippen LogP contribution in [0.25, 0.3) is 0 Å². The smallest absolute Gasteiger partial charge is 0.00810 e. The van der Waals surface area contributed by atoms with Crippen molar-refractivity contribution in [3.8, 4) is 0 Å². The van der Waals surface area contributed by atoms with Crippen LogP contribution in [0.4, 0.5) is 0 Å². The van der Waals surface area contributed by atoms with Gasteiger partial charge in [-0.05, 0) is 37.3 Å². The van der Waals surface area contributed by atoms with Crippen LogP contribution in [0.15, 0.2) is 30.3 Å². The van der Waals surface area contributed by atoms with Gasteiger partial charge in [0.2, 0.25) is 0 Å². The van der Waals surface area contributed by atoms with Crippen LogP contribution < -0.4 is 5.32 Å². The monoisotopic (exact) mass is 187 g/mol. The number of benzene rings is 1. The molecule has 1 heteroatoms. The molecule has 1 saturated carbocycles. The molecule has 2 atom stereocenters. The van der Waals surface area contributed by atoms with Gasteiger partial charge in [0.15, 0.2) is 0 Å². The molecule has 14 heavy (non-hydrogen) atoms. The molecule has 1 heterocycles. The highest BCUT2D eigenvalue weighted by atomic mass is 14.9. The average Bonchev–Trinajstić information content (AvgIpc) is 2.57. The van der Waals surface area contributed by atoms with E-state index in [2.05, 4.69) is 35.6 Å². The van der Waals surface area contributed by atoms with Gasteiger partial charge in [0.05, 0.1) is 0 Å². The quantitative estimate of drug-likeness (QED) is 0.711. The predicted octanol–water partition coefficient (Wildman–Crippen LogP) is 2.33. The van der Waals surface area contributed by atoms with Gasteiger partial charge >= 0.3 is 0 Å². The molecule has 1 aromatic rings. The van der Waals surface area contributed by atoms with Gasteiger partial charge in [-0.25, -0.2) is 0 Å². The molecule has 2 bridgehead atoms. The van der Waals surface area contributed by atoms with E-state index >= 15 is 0 Å². The van der Waals surface area contributed by atoms with E-state index in [-0.39, 0.29) is 0 Å².